The number of carbonyl (C=O) groups is 3. The van der Waals surface area contributed by atoms with Crippen LogP contribution in [0.5, 0.6) is 0 Å². The van der Waals surface area contributed by atoms with Crippen LogP contribution in [-0.2, 0) is 19.1 Å². The van der Waals surface area contributed by atoms with Gasteiger partial charge in [-0.1, -0.05) is 13.8 Å². The van der Waals surface area contributed by atoms with Crippen molar-refractivity contribution in [1.29, 1.82) is 0 Å². The van der Waals surface area contributed by atoms with Crippen LogP contribution in [0.4, 0.5) is 0 Å². The highest BCUT2D eigenvalue weighted by Crippen LogP contribution is 2.18. The van der Waals surface area contributed by atoms with Crippen molar-refractivity contribution >= 4 is 17.5 Å². The largest absolute Gasteiger partial charge is 0.430 e. The molecule has 76 valence electrons. The van der Waals surface area contributed by atoms with Gasteiger partial charge in [0.2, 0.25) is 0 Å². The fraction of sp³-hybridized carbons (Fsp3) is 0.500. The van der Waals surface area contributed by atoms with E-state index in [1.54, 1.807) is 13.8 Å². The summed E-state index contributed by atoms with van der Waals surface area (Å²) in [5.41, 5.74) is 0. The van der Waals surface area contributed by atoms with Crippen LogP contribution in [0.15, 0.2) is 11.8 Å². The van der Waals surface area contributed by atoms with Crippen molar-refractivity contribution in [3.8, 4) is 0 Å². The molecule has 0 spiro atoms. The zero-order chi connectivity index (χ0) is 10.7. The molecule has 4 heteroatoms. The van der Waals surface area contributed by atoms with Crippen molar-refractivity contribution in [3.05, 3.63) is 11.8 Å². The van der Waals surface area contributed by atoms with E-state index >= 15 is 0 Å². The monoisotopic (exact) mass is 196 g/mol. The van der Waals surface area contributed by atoms with Crippen LogP contribution in [0.2, 0.25) is 0 Å². The van der Waals surface area contributed by atoms with Crippen LogP contribution in [0, 0.1) is 5.92 Å². The van der Waals surface area contributed by atoms with Gasteiger partial charge in [-0.15, -0.1) is 0 Å². The quantitative estimate of drug-likeness (QED) is 0.499. The molecule has 0 radical (unpaired) electrons. The Morgan fingerprint density at radius 3 is 2.50 bits per heavy atom. The van der Waals surface area contributed by atoms with Crippen LogP contribution in [0.25, 0.3) is 0 Å². The minimum Gasteiger partial charge on any atom is -0.430 e. The number of carbonyl (C=O) groups excluding carboxylic acids is 3. The van der Waals surface area contributed by atoms with E-state index in [1.165, 1.54) is 6.08 Å². The molecule has 0 unspecified atom stereocenters. The smallest absolute Gasteiger partial charge is 0.329 e. The van der Waals surface area contributed by atoms with Crippen LogP contribution >= 0.6 is 0 Å². The van der Waals surface area contributed by atoms with Gasteiger partial charge < -0.3 is 4.74 Å². The van der Waals surface area contributed by atoms with Crippen molar-refractivity contribution in [2.24, 2.45) is 5.92 Å². The van der Waals surface area contributed by atoms with Gasteiger partial charge in [0.05, 0.1) is 0 Å². The second-order valence-corrected chi connectivity index (χ2v) is 3.04. The number of cyclic esters (lactones) is 1. The summed E-state index contributed by atoms with van der Waals surface area (Å²) in [6.45, 7) is 3.39. The number of rotatable bonds is 3. The van der Waals surface area contributed by atoms with Crippen molar-refractivity contribution in [3.63, 3.8) is 0 Å². The van der Waals surface area contributed by atoms with Crippen LogP contribution in [-0.4, -0.2) is 17.5 Å². The molecule has 1 aliphatic rings. The Morgan fingerprint density at radius 1 is 1.43 bits per heavy atom. The maximum atomic E-state index is 11.4. The van der Waals surface area contributed by atoms with E-state index in [1.807, 2.05) is 0 Å². The summed E-state index contributed by atoms with van der Waals surface area (Å²) >= 11 is 0. The normalized spacial score (nSPS) is 21.6. The second kappa shape index (κ2) is 4.17. The minimum absolute atomic E-state index is 0.167. The summed E-state index contributed by atoms with van der Waals surface area (Å²) in [5, 5.41) is 0. The van der Waals surface area contributed by atoms with Gasteiger partial charge >= 0.3 is 5.97 Å². The molecule has 14 heavy (non-hydrogen) atoms. The first-order valence-electron chi connectivity index (χ1n) is 4.59. The molecule has 0 amide bonds. The van der Waals surface area contributed by atoms with E-state index in [4.69, 9.17) is 4.74 Å². The van der Waals surface area contributed by atoms with Crippen molar-refractivity contribution in [1.82, 2.24) is 0 Å². The first-order chi connectivity index (χ1) is 6.60. The SMILES string of the molecule is CCC(=O)[C@H]1C(=O)C=C(CC)OC1=O. The van der Waals surface area contributed by atoms with E-state index in [9.17, 15) is 14.4 Å². The maximum absolute atomic E-state index is 11.4. The Labute approximate surface area is 81.9 Å². The van der Waals surface area contributed by atoms with E-state index in [0.717, 1.165) is 0 Å². The lowest BCUT2D eigenvalue weighted by Crippen LogP contribution is -2.35. The predicted molar refractivity (Wildman–Crippen MR) is 48.3 cm³/mol. The van der Waals surface area contributed by atoms with Crippen LogP contribution in [0.3, 0.4) is 0 Å². The molecular formula is C10H12O4. The van der Waals surface area contributed by atoms with Gasteiger partial charge in [-0.2, -0.15) is 0 Å². The van der Waals surface area contributed by atoms with E-state index < -0.39 is 17.7 Å². The average molecular weight is 196 g/mol. The molecular weight excluding hydrogens is 184 g/mol. The minimum atomic E-state index is -1.23. The average Bonchev–Trinajstić information content (AvgIpc) is 2.16. The Morgan fingerprint density at radius 2 is 2.07 bits per heavy atom. The van der Waals surface area contributed by atoms with Gasteiger partial charge in [0.15, 0.2) is 17.5 Å². The van der Waals surface area contributed by atoms with Gasteiger partial charge in [0.1, 0.15) is 5.76 Å². The van der Waals surface area contributed by atoms with Gasteiger partial charge in [0.25, 0.3) is 0 Å². The third kappa shape index (κ3) is 1.89. The first-order valence-corrected chi connectivity index (χ1v) is 4.59. The van der Waals surface area contributed by atoms with Gasteiger partial charge in [-0.05, 0) is 0 Å². The van der Waals surface area contributed by atoms with Gasteiger partial charge in [-0.3, -0.25) is 14.4 Å². The molecule has 1 aliphatic heterocycles. The summed E-state index contributed by atoms with van der Waals surface area (Å²) in [6, 6.07) is 0. The highest BCUT2D eigenvalue weighted by molar-refractivity contribution is 6.21. The number of allylic oxidation sites excluding steroid dienone is 2. The van der Waals surface area contributed by atoms with E-state index in [-0.39, 0.29) is 12.2 Å². The van der Waals surface area contributed by atoms with Crippen LogP contribution < -0.4 is 0 Å². The molecule has 0 aromatic carbocycles. The fourth-order valence-corrected chi connectivity index (χ4v) is 1.24. The Bertz CT molecular complexity index is 314. The molecule has 0 aromatic heterocycles. The molecule has 1 heterocycles. The second-order valence-electron chi connectivity index (χ2n) is 3.04. The van der Waals surface area contributed by atoms with Crippen molar-refractivity contribution < 1.29 is 19.1 Å². The standard InChI is InChI=1S/C10H12O4/c1-3-6-5-8(12)9(7(11)4-2)10(13)14-6/h5,9H,3-4H2,1-2H3/t9-/m0/s1. The third-order valence-electron chi connectivity index (χ3n) is 2.07. The zero-order valence-corrected chi connectivity index (χ0v) is 8.20. The Hall–Kier alpha value is -1.45. The van der Waals surface area contributed by atoms with Crippen molar-refractivity contribution in [2.45, 2.75) is 26.7 Å². The number of hydrogen-bond donors (Lipinski definition) is 0. The third-order valence-corrected chi connectivity index (χ3v) is 2.07. The molecule has 0 aromatic rings. The van der Waals surface area contributed by atoms with Gasteiger partial charge in [-0.25, -0.2) is 0 Å². The predicted octanol–water partition coefficient (Wildman–Crippen LogP) is 1.00. The molecule has 0 bridgehead atoms. The fourth-order valence-electron chi connectivity index (χ4n) is 1.24. The number of hydrogen-bond acceptors (Lipinski definition) is 4. The van der Waals surface area contributed by atoms with E-state index in [0.29, 0.717) is 12.2 Å². The topological polar surface area (TPSA) is 60.4 Å². The van der Waals surface area contributed by atoms with Gasteiger partial charge in [0, 0.05) is 18.9 Å². The molecule has 0 fully saturated rings. The summed E-state index contributed by atoms with van der Waals surface area (Å²) in [4.78, 5) is 33.9. The lowest BCUT2D eigenvalue weighted by Gasteiger charge is -2.17. The lowest BCUT2D eigenvalue weighted by atomic mass is 9.95. The van der Waals surface area contributed by atoms with E-state index in [2.05, 4.69) is 0 Å². The molecule has 0 saturated heterocycles. The molecule has 0 aliphatic carbocycles. The molecule has 1 rings (SSSR count). The maximum Gasteiger partial charge on any atom is 0.329 e. The first kappa shape index (κ1) is 10.6. The number of esters is 1. The molecule has 0 N–H and O–H groups in total. The lowest BCUT2D eigenvalue weighted by molar-refractivity contribution is -0.153. The highest BCUT2D eigenvalue weighted by Gasteiger charge is 2.36. The molecule has 4 nitrogen and oxygen atoms in total. The number of Topliss-reactive ketones (excluding diaryl/α,β-unsaturated/α-hetero) is 1. The summed E-state index contributed by atoms with van der Waals surface area (Å²) in [7, 11) is 0. The number of ketones is 2. The summed E-state index contributed by atoms with van der Waals surface area (Å²) in [6.07, 6.45) is 1.88. The zero-order valence-electron chi connectivity index (χ0n) is 8.20. The summed E-state index contributed by atoms with van der Waals surface area (Å²) < 4.78 is 4.82. The molecule has 0 saturated carbocycles. The Balaban J connectivity index is 2.92. The molecule has 1 atom stereocenters. The van der Waals surface area contributed by atoms with Crippen molar-refractivity contribution in [2.75, 3.05) is 0 Å². The number of ether oxygens (including phenoxy) is 1. The Kier molecular flexibility index (Phi) is 3.17. The highest BCUT2D eigenvalue weighted by atomic mass is 16.5. The van der Waals surface area contributed by atoms with Crippen LogP contribution in [0.1, 0.15) is 26.7 Å². The summed E-state index contributed by atoms with van der Waals surface area (Å²) in [5.74, 6) is -2.46.